The first-order valence-corrected chi connectivity index (χ1v) is 12.9. The molecule has 1 atom stereocenters. The fourth-order valence-electron chi connectivity index (χ4n) is 3.87. The van der Waals surface area contributed by atoms with E-state index in [0.717, 1.165) is 33.7 Å². The summed E-state index contributed by atoms with van der Waals surface area (Å²) in [5.41, 5.74) is 3.02. The maximum Gasteiger partial charge on any atom is 0.303 e. The summed E-state index contributed by atoms with van der Waals surface area (Å²) in [5.74, 6) is -1.49. The Morgan fingerprint density at radius 1 is 1.06 bits per heavy atom. The Kier molecular flexibility index (Phi) is 8.06. The molecule has 0 bridgehead atoms. The van der Waals surface area contributed by atoms with Gasteiger partial charge in [-0.05, 0) is 53.3 Å². The van der Waals surface area contributed by atoms with Crippen LogP contribution in [0.5, 0.6) is 0 Å². The maximum atomic E-state index is 13.3. The lowest BCUT2D eigenvalue weighted by Crippen LogP contribution is -2.25. The molecule has 180 valence electrons. The highest BCUT2D eigenvalue weighted by molar-refractivity contribution is 7.88. The number of hydrogen-bond acceptors (Lipinski definition) is 4. The second kappa shape index (κ2) is 10.8. The molecule has 0 heterocycles. The van der Waals surface area contributed by atoms with E-state index in [1.165, 1.54) is 11.4 Å². The van der Waals surface area contributed by atoms with Crippen molar-refractivity contribution in [2.24, 2.45) is 0 Å². The van der Waals surface area contributed by atoms with Crippen LogP contribution in [0.25, 0.3) is 10.8 Å². The monoisotopic (exact) mass is 482 g/mol. The fraction of sp³-hybridized carbons (Fsp3) is 0.308. The maximum absolute atomic E-state index is 13.3. The number of carbonyl (C=O) groups excluding carboxylic acids is 1. The molecule has 7 nitrogen and oxygen atoms in total. The number of aryl methyl sites for hydroxylation is 1. The molecule has 0 saturated heterocycles. The standard InChI is InChI=1S/C26H30N2O5S/c1-18(22-12-6-9-20-8-4-5-11-23(20)22)26(31)27-24-16-19(17-28(2)34(3,32)33)14-15-21(24)10-7-13-25(29)30/h4-6,8-9,11-12,14-16,18H,7,10,13,17H2,1-3H3,(H,27,31)(H,29,30). The first-order chi connectivity index (χ1) is 16.1. The Labute approximate surface area is 200 Å². The van der Waals surface area contributed by atoms with Gasteiger partial charge in [0.25, 0.3) is 0 Å². The second-order valence-corrected chi connectivity index (χ2v) is 10.6. The second-order valence-electron chi connectivity index (χ2n) is 8.54. The lowest BCUT2D eigenvalue weighted by atomic mass is 9.94. The van der Waals surface area contributed by atoms with Gasteiger partial charge in [0, 0.05) is 25.7 Å². The number of carboxylic acids is 1. The van der Waals surface area contributed by atoms with E-state index in [9.17, 15) is 18.0 Å². The number of rotatable bonds is 10. The van der Waals surface area contributed by atoms with Crippen molar-refractivity contribution >= 4 is 38.4 Å². The third-order valence-electron chi connectivity index (χ3n) is 5.92. The minimum absolute atomic E-state index is 0.0262. The van der Waals surface area contributed by atoms with Gasteiger partial charge in [0.15, 0.2) is 0 Å². The van der Waals surface area contributed by atoms with Crippen LogP contribution in [0.3, 0.4) is 0 Å². The molecule has 3 aromatic rings. The molecule has 0 aromatic heterocycles. The predicted molar refractivity (Wildman–Crippen MR) is 134 cm³/mol. The normalized spacial score (nSPS) is 12.6. The zero-order valence-electron chi connectivity index (χ0n) is 19.6. The van der Waals surface area contributed by atoms with Gasteiger partial charge in [-0.1, -0.05) is 54.6 Å². The predicted octanol–water partition coefficient (Wildman–Crippen LogP) is 4.38. The van der Waals surface area contributed by atoms with Crippen molar-refractivity contribution in [3.63, 3.8) is 0 Å². The van der Waals surface area contributed by atoms with Gasteiger partial charge >= 0.3 is 5.97 Å². The van der Waals surface area contributed by atoms with Crippen molar-refractivity contribution in [2.45, 2.75) is 38.6 Å². The summed E-state index contributed by atoms with van der Waals surface area (Å²) in [5, 5.41) is 14.1. The van der Waals surface area contributed by atoms with Crippen LogP contribution in [0.4, 0.5) is 5.69 Å². The highest BCUT2D eigenvalue weighted by atomic mass is 32.2. The fourth-order valence-corrected chi connectivity index (χ4v) is 4.25. The van der Waals surface area contributed by atoms with Crippen LogP contribution in [0.15, 0.2) is 60.7 Å². The van der Waals surface area contributed by atoms with E-state index in [1.807, 2.05) is 61.5 Å². The molecule has 2 N–H and O–H groups in total. The zero-order valence-corrected chi connectivity index (χ0v) is 20.4. The van der Waals surface area contributed by atoms with Gasteiger partial charge in [-0.3, -0.25) is 9.59 Å². The number of sulfonamides is 1. The van der Waals surface area contributed by atoms with Crippen molar-refractivity contribution in [3.05, 3.63) is 77.4 Å². The average molecular weight is 483 g/mol. The van der Waals surface area contributed by atoms with Crippen LogP contribution < -0.4 is 5.32 Å². The van der Waals surface area contributed by atoms with Crippen LogP contribution in [0.1, 0.15) is 42.4 Å². The van der Waals surface area contributed by atoms with Gasteiger partial charge in [0.1, 0.15) is 0 Å². The molecule has 0 aliphatic heterocycles. The van der Waals surface area contributed by atoms with Crippen molar-refractivity contribution in [1.29, 1.82) is 0 Å². The van der Waals surface area contributed by atoms with Crippen LogP contribution >= 0.6 is 0 Å². The third-order valence-corrected chi connectivity index (χ3v) is 7.18. The van der Waals surface area contributed by atoms with Crippen LogP contribution in [-0.2, 0) is 32.6 Å². The number of nitrogens with one attached hydrogen (secondary N) is 1. The van der Waals surface area contributed by atoms with E-state index in [1.54, 1.807) is 6.07 Å². The minimum atomic E-state index is -3.36. The van der Waals surface area contributed by atoms with Crippen molar-refractivity contribution in [2.75, 3.05) is 18.6 Å². The molecule has 0 aliphatic carbocycles. The number of fused-ring (bicyclic) bond motifs is 1. The highest BCUT2D eigenvalue weighted by Gasteiger charge is 2.20. The molecule has 1 amide bonds. The molecular formula is C26H30N2O5S. The Hall–Kier alpha value is -3.23. The number of amides is 1. The van der Waals surface area contributed by atoms with Crippen LogP contribution in [-0.4, -0.2) is 43.0 Å². The van der Waals surface area contributed by atoms with Crippen LogP contribution in [0, 0.1) is 0 Å². The molecule has 0 spiro atoms. The number of carbonyl (C=O) groups is 2. The smallest absolute Gasteiger partial charge is 0.303 e. The van der Waals surface area contributed by atoms with Gasteiger partial charge in [0.2, 0.25) is 15.9 Å². The first kappa shape index (κ1) is 25.4. The van der Waals surface area contributed by atoms with Crippen molar-refractivity contribution < 1.29 is 23.1 Å². The zero-order chi connectivity index (χ0) is 24.9. The molecule has 0 saturated carbocycles. The Bertz CT molecular complexity index is 1300. The summed E-state index contributed by atoms with van der Waals surface area (Å²) < 4.78 is 24.9. The highest BCUT2D eigenvalue weighted by Crippen LogP contribution is 2.28. The van der Waals surface area contributed by atoms with Gasteiger partial charge in [0.05, 0.1) is 12.2 Å². The van der Waals surface area contributed by atoms with Gasteiger partial charge in [-0.2, -0.15) is 0 Å². The van der Waals surface area contributed by atoms with Gasteiger partial charge in [-0.15, -0.1) is 0 Å². The minimum Gasteiger partial charge on any atom is -0.481 e. The quantitative estimate of drug-likeness (QED) is 0.446. The van der Waals surface area contributed by atoms with Crippen LogP contribution in [0.2, 0.25) is 0 Å². The number of anilines is 1. The molecule has 0 radical (unpaired) electrons. The molecule has 1 unspecified atom stereocenters. The molecule has 3 rings (SSSR count). The summed E-state index contributed by atoms with van der Waals surface area (Å²) >= 11 is 0. The Morgan fingerprint density at radius 2 is 1.76 bits per heavy atom. The van der Waals surface area contributed by atoms with Gasteiger partial charge in [-0.25, -0.2) is 12.7 Å². The molecule has 0 fully saturated rings. The molecule has 34 heavy (non-hydrogen) atoms. The molecule has 3 aromatic carbocycles. The summed E-state index contributed by atoms with van der Waals surface area (Å²) in [6.07, 6.45) is 2.08. The van der Waals surface area contributed by atoms with E-state index in [4.69, 9.17) is 5.11 Å². The first-order valence-electron chi connectivity index (χ1n) is 11.1. The number of carboxylic acid groups (broad SMARTS) is 1. The van der Waals surface area contributed by atoms with Crippen molar-refractivity contribution in [3.8, 4) is 0 Å². The van der Waals surface area contributed by atoms with Gasteiger partial charge < -0.3 is 10.4 Å². The SMILES string of the molecule is CC(C(=O)Nc1cc(CN(C)S(C)(=O)=O)ccc1CCCC(=O)O)c1cccc2ccccc12. The summed E-state index contributed by atoms with van der Waals surface area (Å²) in [7, 11) is -1.86. The van der Waals surface area contributed by atoms with Crippen molar-refractivity contribution in [1.82, 2.24) is 4.31 Å². The van der Waals surface area contributed by atoms with E-state index < -0.39 is 21.9 Å². The summed E-state index contributed by atoms with van der Waals surface area (Å²) in [6.45, 7) is 2.01. The molecular weight excluding hydrogens is 452 g/mol. The van der Waals surface area contributed by atoms with E-state index >= 15 is 0 Å². The lowest BCUT2D eigenvalue weighted by molar-refractivity contribution is -0.137. The third kappa shape index (κ3) is 6.42. The largest absolute Gasteiger partial charge is 0.481 e. The number of aliphatic carboxylic acids is 1. The summed E-state index contributed by atoms with van der Waals surface area (Å²) in [4.78, 5) is 24.2. The van der Waals surface area contributed by atoms with E-state index in [0.29, 0.717) is 18.5 Å². The number of hydrogen-bond donors (Lipinski definition) is 2. The molecule has 8 heteroatoms. The number of nitrogens with zero attached hydrogens (tertiary/aromatic N) is 1. The molecule has 0 aliphatic rings. The Balaban J connectivity index is 1.88. The lowest BCUT2D eigenvalue weighted by Gasteiger charge is -2.19. The summed E-state index contributed by atoms with van der Waals surface area (Å²) in [6, 6.07) is 19.2. The Morgan fingerprint density at radius 3 is 2.47 bits per heavy atom. The average Bonchev–Trinajstić information content (AvgIpc) is 2.78. The number of benzene rings is 3. The topological polar surface area (TPSA) is 104 Å². The van der Waals surface area contributed by atoms with E-state index in [2.05, 4.69) is 5.32 Å². The van der Waals surface area contributed by atoms with E-state index in [-0.39, 0.29) is 18.9 Å².